The molecule has 14 nitrogen and oxygen atoms in total. The van der Waals surface area contributed by atoms with Crippen molar-refractivity contribution in [2.45, 2.75) is 16.6 Å². The Morgan fingerprint density at radius 2 is 2.11 bits per heavy atom. The Hall–Kier alpha value is -3.96. The van der Waals surface area contributed by atoms with Gasteiger partial charge in [0.1, 0.15) is 35.4 Å². The monoisotopic (exact) mass is 578 g/mol. The summed E-state index contributed by atoms with van der Waals surface area (Å²) < 4.78 is 5.56. The molecule has 0 bridgehead atoms. The largest absolute Gasteiger partial charge is 0.504 e. The van der Waals surface area contributed by atoms with E-state index in [1.807, 2.05) is 0 Å². The van der Waals surface area contributed by atoms with Crippen LogP contribution in [0.3, 0.4) is 0 Å². The van der Waals surface area contributed by atoms with Gasteiger partial charge in [-0.25, -0.2) is 14.8 Å². The number of rotatable bonds is 8. The molecule has 2 aromatic heterocycles. The van der Waals surface area contributed by atoms with Gasteiger partial charge in [0.2, 0.25) is 0 Å². The Morgan fingerprint density at radius 3 is 2.79 bits per heavy atom. The van der Waals surface area contributed by atoms with Crippen molar-refractivity contribution in [1.29, 1.82) is 0 Å². The molecule has 1 fully saturated rings. The van der Waals surface area contributed by atoms with Crippen LogP contribution >= 0.6 is 34.9 Å². The molecular weight excluding hydrogens is 560 g/mol. The number of carbonyl (C=O) groups excluding carboxylic acids is 2. The quantitative estimate of drug-likeness (QED) is 0.0835. The number of nitrogens with two attached hydrogens (primary N) is 1. The molecule has 1 aromatic carbocycles. The highest BCUT2D eigenvalue weighted by Crippen LogP contribution is 2.42. The number of nitrogen functional groups attached to an aromatic ring is 1. The van der Waals surface area contributed by atoms with Crippen LogP contribution < -0.4 is 11.1 Å². The number of β-lactam (4-membered cyclic amide) rings is 1. The summed E-state index contributed by atoms with van der Waals surface area (Å²) in [7, 11) is 1.26. The second-order valence-electron chi connectivity index (χ2n) is 7.89. The van der Waals surface area contributed by atoms with Crippen LogP contribution in [-0.4, -0.2) is 83.7 Å². The molecule has 2 aliphatic heterocycles. The van der Waals surface area contributed by atoms with Crippen molar-refractivity contribution in [2.75, 3.05) is 24.3 Å². The van der Waals surface area contributed by atoms with Crippen LogP contribution in [0.4, 0.5) is 5.13 Å². The maximum atomic E-state index is 13.0. The van der Waals surface area contributed by atoms with E-state index in [9.17, 15) is 29.7 Å². The lowest BCUT2D eigenvalue weighted by molar-refractivity contribution is -0.150. The minimum absolute atomic E-state index is 0.156. The molecule has 0 radical (unpaired) electrons. The molecule has 4 heterocycles. The van der Waals surface area contributed by atoms with Gasteiger partial charge in [-0.15, -0.1) is 23.1 Å². The molecule has 38 heavy (non-hydrogen) atoms. The van der Waals surface area contributed by atoms with Gasteiger partial charge < -0.3 is 35.6 Å². The number of oxime groups is 1. The fourth-order valence-corrected chi connectivity index (χ4v) is 6.71. The van der Waals surface area contributed by atoms with Gasteiger partial charge in [-0.1, -0.05) is 16.9 Å². The molecule has 3 aromatic rings. The van der Waals surface area contributed by atoms with Crippen LogP contribution in [0.1, 0.15) is 5.69 Å². The molecule has 5 rings (SSSR count). The van der Waals surface area contributed by atoms with Crippen LogP contribution in [0.5, 0.6) is 11.5 Å². The number of phenols is 2. The van der Waals surface area contributed by atoms with E-state index in [-0.39, 0.29) is 56.0 Å². The number of carbonyl (C=O) groups is 3. The number of aromatic hydroxyl groups is 2. The third-order valence-electron chi connectivity index (χ3n) is 5.53. The number of nitrogens with one attached hydrogen (secondary N) is 1. The number of oxazole rings is 1. The molecule has 1 saturated heterocycles. The van der Waals surface area contributed by atoms with Crippen molar-refractivity contribution >= 4 is 74.6 Å². The second-order valence-corrected chi connectivity index (χ2v) is 10.8. The molecule has 6 N–H and O–H groups in total. The zero-order valence-electron chi connectivity index (χ0n) is 19.3. The number of benzene rings is 1. The van der Waals surface area contributed by atoms with E-state index in [0.29, 0.717) is 11.1 Å². The smallest absolute Gasteiger partial charge is 0.352 e. The standard InChI is InChI=1S/C21H18N6O8S3/c1-34-26-13(9-6-37-20(22)23-9)16(30)25-14-17(31)27-15(19(32)33)7(4-36-18(14)27)5-38-21-24-8-2-10(28)11(29)3-12(8)35-21/h2-3,6,14,18,28-29H,4-5H2,1H3,(H2,22,23)(H,25,30)(H,32,33)/t14-,18+/m1/s1. The lowest BCUT2D eigenvalue weighted by atomic mass is 10.0. The number of hydrogen-bond acceptors (Lipinski definition) is 14. The summed E-state index contributed by atoms with van der Waals surface area (Å²) in [5.41, 5.74) is 6.52. The van der Waals surface area contributed by atoms with Gasteiger partial charge >= 0.3 is 5.97 Å². The molecule has 0 saturated carbocycles. The van der Waals surface area contributed by atoms with Gasteiger partial charge in [0, 0.05) is 29.0 Å². The Bertz CT molecular complexity index is 1490. The molecule has 2 atom stereocenters. The molecule has 0 spiro atoms. The van der Waals surface area contributed by atoms with Gasteiger partial charge in [-0.05, 0) is 5.57 Å². The summed E-state index contributed by atoms with van der Waals surface area (Å²) in [6.45, 7) is 0. The van der Waals surface area contributed by atoms with E-state index < -0.39 is 29.2 Å². The molecule has 2 aliphatic rings. The molecular formula is C21H18N6O8S3. The lowest BCUT2D eigenvalue weighted by Gasteiger charge is -2.49. The molecule has 2 amide bonds. The number of amides is 2. The topological polar surface area (TPSA) is 214 Å². The molecule has 0 aliphatic carbocycles. The maximum Gasteiger partial charge on any atom is 0.352 e. The fourth-order valence-electron chi connectivity index (χ4n) is 3.84. The van der Waals surface area contributed by atoms with Gasteiger partial charge in [-0.2, -0.15) is 0 Å². The van der Waals surface area contributed by atoms with Crippen molar-refractivity contribution in [3.8, 4) is 11.5 Å². The number of nitrogens with zero attached hydrogens (tertiary/aromatic N) is 4. The Morgan fingerprint density at radius 1 is 1.34 bits per heavy atom. The van der Waals surface area contributed by atoms with Crippen molar-refractivity contribution in [3.05, 3.63) is 34.5 Å². The Labute approximate surface area is 225 Å². The highest BCUT2D eigenvalue weighted by Gasteiger charge is 2.54. The van der Waals surface area contributed by atoms with Gasteiger partial charge in [-0.3, -0.25) is 14.5 Å². The number of phenolic OH excluding ortho intramolecular Hbond substituents is 2. The lowest BCUT2D eigenvalue weighted by Crippen LogP contribution is -2.71. The van der Waals surface area contributed by atoms with Crippen molar-refractivity contribution in [3.63, 3.8) is 0 Å². The van der Waals surface area contributed by atoms with E-state index in [4.69, 9.17) is 15.0 Å². The van der Waals surface area contributed by atoms with Gasteiger partial charge in [0.05, 0.1) is 0 Å². The van der Waals surface area contributed by atoms with Crippen molar-refractivity contribution in [1.82, 2.24) is 20.2 Å². The zero-order valence-corrected chi connectivity index (χ0v) is 21.7. The van der Waals surface area contributed by atoms with Crippen LogP contribution in [-0.2, 0) is 19.2 Å². The number of thioether (sulfide) groups is 2. The number of carboxylic acids is 1. The number of thiazole rings is 1. The second kappa shape index (κ2) is 10.1. The summed E-state index contributed by atoms with van der Waals surface area (Å²) in [4.78, 5) is 52.1. The van der Waals surface area contributed by atoms with Crippen LogP contribution in [0.15, 0.2) is 43.6 Å². The first-order chi connectivity index (χ1) is 18.2. The van der Waals surface area contributed by atoms with Crippen molar-refractivity contribution in [2.24, 2.45) is 5.16 Å². The predicted molar refractivity (Wildman–Crippen MR) is 138 cm³/mol. The average Bonchev–Trinajstić information content (AvgIpc) is 3.49. The summed E-state index contributed by atoms with van der Waals surface area (Å²) in [6.07, 6.45) is 0. The van der Waals surface area contributed by atoms with E-state index in [1.165, 1.54) is 36.4 Å². The Kier molecular flexibility index (Phi) is 6.80. The first kappa shape index (κ1) is 25.7. The van der Waals surface area contributed by atoms with E-state index in [0.717, 1.165) is 28.0 Å². The minimum atomic E-state index is -1.28. The third kappa shape index (κ3) is 4.59. The summed E-state index contributed by atoms with van der Waals surface area (Å²) in [5, 5.41) is 36.7. The average molecular weight is 579 g/mol. The molecule has 198 valence electrons. The third-order valence-corrected chi connectivity index (χ3v) is 8.46. The first-order valence-corrected chi connectivity index (χ1v) is 13.6. The number of fused-ring (bicyclic) bond motifs is 2. The molecule has 17 heteroatoms. The predicted octanol–water partition coefficient (Wildman–Crippen LogP) is 1.16. The summed E-state index contributed by atoms with van der Waals surface area (Å²) >= 11 is 3.51. The first-order valence-electron chi connectivity index (χ1n) is 10.7. The van der Waals surface area contributed by atoms with Gasteiger partial charge in [0.25, 0.3) is 17.0 Å². The normalized spacial score (nSPS) is 19.3. The highest BCUT2D eigenvalue weighted by atomic mass is 32.2. The number of anilines is 1. The SMILES string of the molecule is CON=C(C(=O)N[C@@H]1C(=O)N2C(C(=O)O)=C(CSc3nc4cc(O)c(O)cc4o3)CS[C@@H]12)c1csc(N)n1. The number of hydrogen-bond donors (Lipinski definition) is 5. The zero-order chi connectivity index (χ0) is 27.1. The summed E-state index contributed by atoms with van der Waals surface area (Å²) in [5.74, 6) is -2.85. The summed E-state index contributed by atoms with van der Waals surface area (Å²) in [6, 6.07) is 1.50. The number of carboxylic acid groups (broad SMARTS) is 1. The van der Waals surface area contributed by atoms with Gasteiger partial charge in [0.15, 0.2) is 27.9 Å². The van der Waals surface area contributed by atoms with Crippen LogP contribution in [0.2, 0.25) is 0 Å². The molecule has 0 unspecified atom stereocenters. The van der Waals surface area contributed by atoms with Crippen molar-refractivity contribution < 1.29 is 39.0 Å². The highest BCUT2D eigenvalue weighted by molar-refractivity contribution is 8.01. The van der Waals surface area contributed by atoms with E-state index in [1.54, 1.807) is 0 Å². The van der Waals surface area contributed by atoms with Crippen LogP contribution in [0, 0.1) is 0 Å². The number of aliphatic carboxylic acids is 1. The van der Waals surface area contributed by atoms with E-state index in [2.05, 4.69) is 20.4 Å². The Balaban J connectivity index is 1.31. The number of aromatic nitrogens is 2. The van der Waals surface area contributed by atoms with E-state index >= 15 is 0 Å². The minimum Gasteiger partial charge on any atom is -0.504 e. The van der Waals surface area contributed by atoms with Crippen LogP contribution in [0.25, 0.3) is 11.1 Å². The fraction of sp³-hybridized carbons (Fsp3) is 0.238. The maximum absolute atomic E-state index is 13.0.